The molecule has 0 aliphatic carbocycles. The molecule has 1 heterocycles. The van der Waals surface area contributed by atoms with Gasteiger partial charge < -0.3 is 24.8 Å². The van der Waals surface area contributed by atoms with Crippen LogP contribution in [0.5, 0.6) is 0 Å². The third-order valence-electron chi connectivity index (χ3n) is 4.79. The van der Waals surface area contributed by atoms with E-state index in [2.05, 4.69) is 6.92 Å². The number of aliphatic hydroxyl groups excluding tert-OH is 3. The molecule has 0 aliphatic heterocycles. The molecule has 6 nitrogen and oxygen atoms in total. The number of benzene rings is 1. The van der Waals surface area contributed by atoms with Crippen LogP contribution in [0.1, 0.15) is 69.3 Å². The molecule has 1 aromatic carbocycles. The average Bonchev–Trinajstić information content (AvgIpc) is 3.04. The molecule has 0 spiro atoms. The van der Waals surface area contributed by atoms with Crippen molar-refractivity contribution in [1.29, 1.82) is 0 Å². The zero-order valence-electron chi connectivity index (χ0n) is 16.3. The fraction of sp³-hybridized carbons (Fsp3) is 0.500. The summed E-state index contributed by atoms with van der Waals surface area (Å²) in [6, 6.07) is 7.44. The first-order valence-electron chi connectivity index (χ1n) is 9.89. The number of unbranched alkanes of at least 4 members (excludes halogenated alkanes) is 2. The molecule has 2 rings (SSSR count). The third kappa shape index (κ3) is 6.19. The van der Waals surface area contributed by atoms with Crippen LogP contribution < -0.4 is 0 Å². The molecule has 0 unspecified atom stereocenters. The second-order valence-corrected chi connectivity index (χ2v) is 7.09. The Balaban J connectivity index is 2.16. The van der Waals surface area contributed by atoms with Gasteiger partial charge in [0.2, 0.25) is 0 Å². The number of hydrogen-bond donors (Lipinski definition) is 4. The number of para-hydroxylation sites is 1. The van der Waals surface area contributed by atoms with Gasteiger partial charge in [0.15, 0.2) is 0 Å². The number of carboxylic acids is 1. The molecular formula is C22H30O6. The van der Waals surface area contributed by atoms with Gasteiger partial charge in [0, 0.05) is 17.4 Å². The number of hydrogen-bond acceptors (Lipinski definition) is 5. The highest BCUT2D eigenvalue weighted by Crippen LogP contribution is 2.33. The lowest BCUT2D eigenvalue weighted by Gasteiger charge is -2.14. The van der Waals surface area contributed by atoms with Crippen LogP contribution in [0.4, 0.5) is 0 Å². The summed E-state index contributed by atoms with van der Waals surface area (Å²) >= 11 is 0. The lowest BCUT2D eigenvalue weighted by molar-refractivity contribution is -0.137. The molecule has 28 heavy (non-hydrogen) atoms. The fourth-order valence-corrected chi connectivity index (χ4v) is 3.18. The molecular weight excluding hydrogens is 360 g/mol. The second kappa shape index (κ2) is 11.0. The van der Waals surface area contributed by atoms with Gasteiger partial charge in [-0.2, -0.15) is 0 Å². The van der Waals surface area contributed by atoms with E-state index >= 15 is 0 Å². The van der Waals surface area contributed by atoms with Crippen LogP contribution in [0, 0.1) is 0 Å². The Morgan fingerprint density at radius 3 is 2.57 bits per heavy atom. The molecule has 0 bridgehead atoms. The quantitative estimate of drug-likeness (QED) is 0.407. The lowest BCUT2D eigenvalue weighted by Crippen LogP contribution is -2.23. The maximum absolute atomic E-state index is 10.6. The smallest absolute Gasteiger partial charge is 0.303 e. The number of carbonyl (C=O) groups is 1. The molecule has 0 amide bonds. The van der Waals surface area contributed by atoms with Crippen molar-refractivity contribution in [2.24, 2.45) is 0 Å². The molecule has 154 valence electrons. The monoisotopic (exact) mass is 390 g/mol. The maximum atomic E-state index is 10.6. The predicted octanol–water partition coefficient (Wildman–Crippen LogP) is 4.04. The summed E-state index contributed by atoms with van der Waals surface area (Å²) in [4.78, 5) is 10.6. The molecule has 4 N–H and O–H groups in total. The van der Waals surface area contributed by atoms with Gasteiger partial charge in [-0.3, -0.25) is 4.79 Å². The zero-order chi connectivity index (χ0) is 20.5. The van der Waals surface area contributed by atoms with Gasteiger partial charge in [0.25, 0.3) is 0 Å². The standard InChI is InChI=1S/C22H30O6/c1-2-3-4-9-19(25)22-16(15-8-5-6-11-20(15)28-22)13-14-18(24)17(23)10-7-12-21(26)27/h5-6,8,11,13-14,17-19,23-25H,2-4,7,9-10,12H2,1H3,(H,26,27)/b14-13+/t17-,18+,19-/m0/s1. The Labute approximate surface area is 165 Å². The maximum Gasteiger partial charge on any atom is 0.303 e. The van der Waals surface area contributed by atoms with Gasteiger partial charge in [-0.25, -0.2) is 0 Å². The van der Waals surface area contributed by atoms with E-state index < -0.39 is 24.3 Å². The largest absolute Gasteiger partial charge is 0.481 e. The van der Waals surface area contributed by atoms with Crippen molar-refractivity contribution in [1.82, 2.24) is 0 Å². The van der Waals surface area contributed by atoms with E-state index in [0.717, 1.165) is 24.6 Å². The second-order valence-electron chi connectivity index (χ2n) is 7.09. The molecule has 6 heteroatoms. The Morgan fingerprint density at radius 1 is 1.11 bits per heavy atom. The van der Waals surface area contributed by atoms with E-state index in [9.17, 15) is 20.1 Å². The van der Waals surface area contributed by atoms with E-state index in [4.69, 9.17) is 9.52 Å². The van der Waals surface area contributed by atoms with Gasteiger partial charge in [-0.1, -0.05) is 56.5 Å². The number of furan rings is 1. The Kier molecular flexibility index (Phi) is 8.70. The molecule has 0 radical (unpaired) electrons. The van der Waals surface area contributed by atoms with Crippen LogP contribution in [-0.2, 0) is 4.79 Å². The zero-order valence-corrected chi connectivity index (χ0v) is 16.3. The van der Waals surface area contributed by atoms with Crippen molar-refractivity contribution in [3.05, 3.63) is 41.7 Å². The van der Waals surface area contributed by atoms with E-state index in [-0.39, 0.29) is 19.3 Å². The SMILES string of the molecule is CCCCC[C@H](O)c1oc2ccccc2c1/C=C/[C@@H](O)[C@@H](O)CCCC(=O)O. The lowest BCUT2D eigenvalue weighted by atomic mass is 10.0. The van der Waals surface area contributed by atoms with Gasteiger partial charge >= 0.3 is 5.97 Å². The summed E-state index contributed by atoms with van der Waals surface area (Å²) in [5.74, 6) is -0.468. The number of rotatable bonds is 12. The van der Waals surface area contributed by atoms with Crippen LogP contribution in [0.3, 0.4) is 0 Å². The van der Waals surface area contributed by atoms with Crippen LogP contribution in [0.15, 0.2) is 34.8 Å². The summed E-state index contributed by atoms with van der Waals surface area (Å²) in [5, 5.41) is 40.3. The molecule has 0 saturated heterocycles. The fourth-order valence-electron chi connectivity index (χ4n) is 3.18. The van der Waals surface area contributed by atoms with Gasteiger partial charge in [-0.05, 0) is 25.3 Å². The van der Waals surface area contributed by atoms with Crippen molar-refractivity contribution < 1.29 is 29.6 Å². The van der Waals surface area contributed by atoms with Crippen molar-refractivity contribution in [2.45, 2.75) is 70.2 Å². The Hall–Kier alpha value is -2.15. The van der Waals surface area contributed by atoms with Crippen molar-refractivity contribution >= 4 is 23.0 Å². The van der Waals surface area contributed by atoms with E-state index in [1.807, 2.05) is 24.3 Å². The summed E-state index contributed by atoms with van der Waals surface area (Å²) in [5.41, 5.74) is 1.35. The van der Waals surface area contributed by atoms with Gasteiger partial charge in [0.05, 0.1) is 12.2 Å². The summed E-state index contributed by atoms with van der Waals surface area (Å²) in [6.07, 6.45) is 4.21. The van der Waals surface area contributed by atoms with E-state index in [0.29, 0.717) is 23.3 Å². The molecule has 0 aliphatic rings. The van der Waals surface area contributed by atoms with Gasteiger partial charge in [0.1, 0.15) is 17.4 Å². The minimum absolute atomic E-state index is 0.0477. The highest BCUT2D eigenvalue weighted by Gasteiger charge is 2.20. The number of aliphatic hydroxyl groups is 3. The average molecular weight is 390 g/mol. The molecule has 0 fully saturated rings. The number of carboxylic acid groups (broad SMARTS) is 1. The Morgan fingerprint density at radius 2 is 1.86 bits per heavy atom. The van der Waals surface area contributed by atoms with E-state index in [1.54, 1.807) is 6.08 Å². The minimum atomic E-state index is -1.13. The van der Waals surface area contributed by atoms with E-state index in [1.165, 1.54) is 6.08 Å². The highest BCUT2D eigenvalue weighted by atomic mass is 16.4. The van der Waals surface area contributed by atoms with Crippen LogP contribution >= 0.6 is 0 Å². The van der Waals surface area contributed by atoms with Crippen LogP contribution in [-0.4, -0.2) is 38.6 Å². The first kappa shape index (κ1) is 22.1. The molecule has 1 aromatic heterocycles. The third-order valence-corrected chi connectivity index (χ3v) is 4.79. The molecule has 2 aromatic rings. The number of fused-ring (bicyclic) bond motifs is 1. The van der Waals surface area contributed by atoms with Gasteiger partial charge in [-0.15, -0.1) is 0 Å². The Bertz CT molecular complexity index is 778. The van der Waals surface area contributed by atoms with Crippen LogP contribution in [0.2, 0.25) is 0 Å². The molecule has 3 atom stereocenters. The van der Waals surface area contributed by atoms with Crippen molar-refractivity contribution in [2.75, 3.05) is 0 Å². The predicted molar refractivity (Wildman–Crippen MR) is 108 cm³/mol. The normalized spacial score (nSPS) is 15.1. The minimum Gasteiger partial charge on any atom is -0.481 e. The molecule has 0 saturated carbocycles. The number of aliphatic carboxylic acids is 1. The summed E-state index contributed by atoms with van der Waals surface area (Å²) in [6.45, 7) is 2.10. The topological polar surface area (TPSA) is 111 Å². The summed E-state index contributed by atoms with van der Waals surface area (Å²) < 4.78 is 5.87. The van der Waals surface area contributed by atoms with Crippen molar-refractivity contribution in [3.63, 3.8) is 0 Å². The summed E-state index contributed by atoms with van der Waals surface area (Å²) in [7, 11) is 0. The first-order valence-corrected chi connectivity index (χ1v) is 9.89. The first-order chi connectivity index (χ1) is 13.4. The van der Waals surface area contributed by atoms with Crippen LogP contribution in [0.25, 0.3) is 17.0 Å². The highest BCUT2D eigenvalue weighted by molar-refractivity contribution is 5.88. The van der Waals surface area contributed by atoms with Crippen molar-refractivity contribution in [3.8, 4) is 0 Å².